The number of carbonyl (C=O) groups is 2. The number of amides is 3. The fourth-order valence-electron chi connectivity index (χ4n) is 3.23. The quantitative estimate of drug-likeness (QED) is 0.885. The Morgan fingerprint density at radius 2 is 2.22 bits per heavy atom. The van der Waals surface area contributed by atoms with Crippen molar-refractivity contribution >= 4 is 17.6 Å². The second-order valence-corrected chi connectivity index (χ2v) is 6.78. The van der Waals surface area contributed by atoms with Crippen LogP contribution < -0.4 is 16.0 Å². The number of hydrogen-bond donors (Lipinski definition) is 2. The van der Waals surface area contributed by atoms with Crippen LogP contribution in [0.4, 0.5) is 10.5 Å². The number of anilines is 1. The van der Waals surface area contributed by atoms with Gasteiger partial charge in [-0.3, -0.25) is 9.69 Å². The zero-order chi connectivity index (χ0) is 16.4. The van der Waals surface area contributed by atoms with Crippen LogP contribution in [0.25, 0.3) is 0 Å². The van der Waals surface area contributed by atoms with Crippen molar-refractivity contribution in [3.63, 3.8) is 0 Å². The zero-order valence-electron chi connectivity index (χ0n) is 13.5. The topological polar surface area (TPSA) is 78.7 Å². The number of nitrogens with zero attached hydrogens (tertiary/aromatic N) is 2. The number of urea groups is 1. The van der Waals surface area contributed by atoms with Gasteiger partial charge in [-0.25, -0.2) is 4.79 Å². The van der Waals surface area contributed by atoms with Gasteiger partial charge in [0.1, 0.15) is 0 Å². The van der Waals surface area contributed by atoms with Crippen LogP contribution in [0.5, 0.6) is 0 Å². The molecule has 0 spiro atoms. The van der Waals surface area contributed by atoms with Crippen molar-refractivity contribution in [1.82, 2.24) is 10.2 Å². The number of nitrogens with two attached hydrogens (primary N) is 1. The number of nitrogens with one attached hydrogen (secondary N) is 1. The van der Waals surface area contributed by atoms with E-state index in [0.29, 0.717) is 31.7 Å². The van der Waals surface area contributed by atoms with Crippen LogP contribution >= 0.6 is 0 Å². The summed E-state index contributed by atoms with van der Waals surface area (Å²) in [5, 5.41) is 2.83. The number of hydrogen-bond acceptors (Lipinski definition) is 3. The lowest BCUT2D eigenvalue weighted by Crippen LogP contribution is -2.46. The Morgan fingerprint density at radius 1 is 1.39 bits per heavy atom. The minimum Gasteiger partial charge on any atom is -0.338 e. The van der Waals surface area contributed by atoms with Gasteiger partial charge in [0.15, 0.2) is 0 Å². The van der Waals surface area contributed by atoms with Gasteiger partial charge in [-0.2, -0.15) is 0 Å². The number of rotatable bonds is 3. The predicted octanol–water partition coefficient (Wildman–Crippen LogP) is 1.42. The molecule has 3 amide bonds. The molecule has 2 saturated heterocycles. The van der Waals surface area contributed by atoms with Crippen molar-refractivity contribution in [2.24, 2.45) is 11.1 Å². The summed E-state index contributed by atoms with van der Waals surface area (Å²) in [7, 11) is 0. The molecule has 1 aromatic carbocycles. The van der Waals surface area contributed by atoms with E-state index < -0.39 is 0 Å². The van der Waals surface area contributed by atoms with Gasteiger partial charge in [0.2, 0.25) is 0 Å². The van der Waals surface area contributed by atoms with Gasteiger partial charge >= 0.3 is 6.03 Å². The standard InChI is InChI=1S/C17H24N4O2/c1-17(11-18)6-9-20(12-17)15(22)13-4-2-5-14(10-13)21-8-3-7-19-16(21)23/h2,4-5,10H,3,6-9,11-12,18H2,1H3,(H,19,23). The van der Waals surface area contributed by atoms with Gasteiger partial charge in [-0.05, 0) is 43.0 Å². The Hall–Kier alpha value is -2.08. The van der Waals surface area contributed by atoms with Crippen molar-refractivity contribution in [2.45, 2.75) is 19.8 Å². The molecule has 0 saturated carbocycles. The van der Waals surface area contributed by atoms with Crippen LogP contribution in [-0.4, -0.2) is 49.6 Å². The molecule has 3 N–H and O–H groups in total. The van der Waals surface area contributed by atoms with E-state index in [1.165, 1.54) is 0 Å². The molecule has 1 unspecified atom stereocenters. The van der Waals surface area contributed by atoms with Crippen molar-refractivity contribution in [1.29, 1.82) is 0 Å². The Morgan fingerprint density at radius 3 is 2.91 bits per heavy atom. The van der Waals surface area contributed by atoms with Crippen molar-refractivity contribution in [3.8, 4) is 0 Å². The molecule has 1 atom stereocenters. The fraction of sp³-hybridized carbons (Fsp3) is 0.529. The van der Waals surface area contributed by atoms with E-state index in [0.717, 1.165) is 25.1 Å². The Kier molecular flexibility index (Phi) is 4.26. The highest BCUT2D eigenvalue weighted by Crippen LogP contribution is 2.30. The van der Waals surface area contributed by atoms with Crippen LogP contribution in [0, 0.1) is 5.41 Å². The van der Waals surface area contributed by atoms with Gasteiger partial charge in [-0.1, -0.05) is 13.0 Å². The molecule has 6 heteroatoms. The summed E-state index contributed by atoms with van der Waals surface area (Å²) in [5.41, 5.74) is 7.23. The van der Waals surface area contributed by atoms with E-state index in [1.807, 2.05) is 29.2 Å². The average molecular weight is 316 g/mol. The Labute approximate surface area is 136 Å². The predicted molar refractivity (Wildman–Crippen MR) is 89.5 cm³/mol. The monoisotopic (exact) mass is 316 g/mol. The number of carbonyl (C=O) groups excluding carboxylic acids is 2. The lowest BCUT2D eigenvalue weighted by atomic mass is 9.90. The summed E-state index contributed by atoms with van der Waals surface area (Å²) in [6.45, 7) is 5.52. The average Bonchev–Trinajstić information content (AvgIpc) is 2.98. The van der Waals surface area contributed by atoms with Crippen molar-refractivity contribution < 1.29 is 9.59 Å². The minimum atomic E-state index is -0.0993. The minimum absolute atomic E-state index is 0.0139. The van der Waals surface area contributed by atoms with Gasteiger partial charge in [-0.15, -0.1) is 0 Å². The second kappa shape index (κ2) is 6.20. The van der Waals surface area contributed by atoms with Crippen LogP contribution in [0.1, 0.15) is 30.1 Å². The first-order chi connectivity index (χ1) is 11.0. The number of benzene rings is 1. The van der Waals surface area contributed by atoms with Crippen LogP contribution in [0.2, 0.25) is 0 Å². The first-order valence-electron chi connectivity index (χ1n) is 8.17. The first-order valence-corrected chi connectivity index (χ1v) is 8.17. The van der Waals surface area contributed by atoms with Gasteiger partial charge in [0.05, 0.1) is 0 Å². The molecule has 1 aromatic rings. The Balaban J connectivity index is 1.77. The SMILES string of the molecule is CC1(CN)CCN(C(=O)c2cccc(N3CCCNC3=O)c2)C1. The lowest BCUT2D eigenvalue weighted by molar-refractivity contribution is 0.0777. The summed E-state index contributed by atoms with van der Waals surface area (Å²) >= 11 is 0. The van der Waals surface area contributed by atoms with Gasteiger partial charge in [0.25, 0.3) is 5.91 Å². The summed E-state index contributed by atoms with van der Waals surface area (Å²) in [6, 6.07) is 7.23. The highest BCUT2D eigenvalue weighted by atomic mass is 16.2. The largest absolute Gasteiger partial charge is 0.338 e. The van der Waals surface area contributed by atoms with E-state index >= 15 is 0 Å². The zero-order valence-corrected chi connectivity index (χ0v) is 13.5. The summed E-state index contributed by atoms with van der Waals surface area (Å²) < 4.78 is 0. The molecule has 23 heavy (non-hydrogen) atoms. The summed E-state index contributed by atoms with van der Waals surface area (Å²) in [5.74, 6) is 0.0152. The third kappa shape index (κ3) is 3.17. The number of likely N-dealkylation sites (tertiary alicyclic amines) is 1. The normalized spacial score (nSPS) is 24.7. The van der Waals surface area contributed by atoms with Crippen LogP contribution in [0.3, 0.4) is 0 Å². The molecular weight excluding hydrogens is 292 g/mol. The first kappa shape index (κ1) is 15.8. The second-order valence-electron chi connectivity index (χ2n) is 6.78. The molecule has 124 valence electrons. The molecule has 2 fully saturated rings. The third-order valence-electron chi connectivity index (χ3n) is 4.82. The third-order valence-corrected chi connectivity index (χ3v) is 4.82. The summed E-state index contributed by atoms with van der Waals surface area (Å²) in [6.07, 6.45) is 1.84. The lowest BCUT2D eigenvalue weighted by Gasteiger charge is -2.28. The molecule has 0 aromatic heterocycles. The van der Waals surface area contributed by atoms with Crippen molar-refractivity contribution in [3.05, 3.63) is 29.8 Å². The molecule has 0 radical (unpaired) electrons. The van der Waals surface area contributed by atoms with E-state index in [2.05, 4.69) is 12.2 Å². The van der Waals surface area contributed by atoms with E-state index in [4.69, 9.17) is 5.73 Å². The molecule has 2 aliphatic rings. The summed E-state index contributed by atoms with van der Waals surface area (Å²) in [4.78, 5) is 28.2. The molecular formula is C17H24N4O2. The molecule has 6 nitrogen and oxygen atoms in total. The smallest absolute Gasteiger partial charge is 0.321 e. The van der Waals surface area contributed by atoms with E-state index in [9.17, 15) is 9.59 Å². The van der Waals surface area contributed by atoms with E-state index in [1.54, 1.807) is 4.90 Å². The Bertz CT molecular complexity index is 618. The van der Waals surface area contributed by atoms with Crippen LogP contribution in [0.15, 0.2) is 24.3 Å². The maximum absolute atomic E-state index is 12.7. The molecule has 3 rings (SSSR count). The maximum Gasteiger partial charge on any atom is 0.321 e. The fourth-order valence-corrected chi connectivity index (χ4v) is 3.23. The van der Waals surface area contributed by atoms with E-state index in [-0.39, 0.29) is 17.4 Å². The van der Waals surface area contributed by atoms with Crippen LogP contribution in [-0.2, 0) is 0 Å². The molecule has 2 heterocycles. The van der Waals surface area contributed by atoms with Gasteiger partial charge in [0, 0.05) is 37.4 Å². The van der Waals surface area contributed by atoms with Gasteiger partial charge < -0.3 is 16.0 Å². The maximum atomic E-state index is 12.7. The van der Waals surface area contributed by atoms with Crippen molar-refractivity contribution in [2.75, 3.05) is 37.6 Å². The molecule has 2 aliphatic heterocycles. The molecule has 0 aliphatic carbocycles. The highest BCUT2D eigenvalue weighted by Gasteiger charge is 2.35. The molecule has 0 bridgehead atoms. The highest BCUT2D eigenvalue weighted by molar-refractivity contribution is 5.98.